The maximum atomic E-state index is 11.5. The molecule has 1 heterocycles. The molecule has 0 bridgehead atoms. The molecule has 5 nitrogen and oxygen atoms in total. The molecule has 1 rings (SSSR count). The number of carbonyl (C=O) groups is 1. The van der Waals surface area contributed by atoms with Crippen molar-refractivity contribution >= 4 is 5.91 Å². The van der Waals surface area contributed by atoms with Gasteiger partial charge in [-0.25, -0.2) is 4.98 Å². The van der Waals surface area contributed by atoms with Crippen LogP contribution in [0.4, 0.5) is 0 Å². The molecule has 0 aliphatic carbocycles. The first-order valence-corrected chi connectivity index (χ1v) is 5.56. The van der Waals surface area contributed by atoms with Crippen LogP contribution in [0.1, 0.15) is 38.8 Å². The summed E-state index contributed by atoms with van der Waals surface area (Å²) in [6.45, 7) is 8.25. The molecule has 0 atom stereocenters. The van der Waals surface area contributed by atoms with Crippen LogP contribution in [0.2, 0.25) is 0 Å². The third kappa shape index (κ3) is 4.00. The molecule has 0 radical (unpaired) electrons. The molecule has 0 spiro atoms. The van der Waals surface area contributed by atoms with Gasteiger partial charge in [-0.1, -0.05) is 20.8 Å². The zero-order valence-corrected chi connectivity index (χ0v) is 10.4. The smallest absolute Gasteiger partial charge is 0.225 e. The molecule has 0 saturated carbocycles. The molecule has 0 aliphatic heterocycles. The molecule has 1 amide bonds. The fraction of sp³-hybridized carbons (Fsp3) is 0.727. The summed E-state index contributed by atoms with van der Waals surface area (Å²) in [7, 11) is 0. The van der Waals surface area contributed by atoms with E-state index in [1.807, 2.05) is 27.7 Å². The number of hydrogen-bond acceptors (Lipinski definition) is 3. The van der Waals surface area contributed by atoms with Crippen LogP contribution in [0.5, 0.6) is 0 Å². The monoisotopic (exact) mass is 224 g/mol. The lowest BCUT2D eigenvalue weighted by atomic mass is 9.96. The van der Waals surface area contributed by atoms with E-state index >= 15 is 0 Å². The van der Waals surface area contributed by atoms with Gasteiger partial charge in [-0.2, -0.15) is 5.10 Å². The van der Waals surface area contributed by atoms with Crippen LogP contribution in [-0.2, 0) is 11.2 Å². The van der Waals surface area contributed by atoms with E-state index in [2.05, 4.69) is 20.5 Å². The SMILES string of the molecule is Cc1nc(CCCNC(=O)C(C)(C)C)n[nH]1. The summed E-state index contributed by atoms with van der Waals surface area (Å²) in [4.78, 5) is 15.7. The van der Waals surface area contributed by atoms with Crippen LogP contribution in [0, 0.1) is 12.3 Å². The van der Waals surface area contributed by atoms with E-state index in [4.69, 9.17) is 0 Å². The minimum absolute atomic E-state index is 0.0821. The zero-order valence-electron chi connectivity index (χ0n) is 10.4. The van der Waals surface area contributed by atoms with Crippen molar-refractivity contribution in [3.05, 3.63) is 11.6 Å². The van der Waals surface area contributed by atoms with Crippen LogP contribution in [0.15, 0.2) is 0 Å². The van der Waals surface area contributed by atoms with Crippen LogP contribution >= 0.6 is 0 Å². The number of hydrogen-bond donors (Lipinski definition) is 2. The first kappa shape index (κ1) is 12.7. The largest absolute Gasteiger partial charge is 0.356 e. The van der Waals surface area contributed by atoms with Crippen molar-refractivity contribution in [2.75, 3.05) is 6.54 Å². The summed E-state index contributed by atoms with van der Waals surface area (Å²) >= 11 is 0. The van der Waals surface area contributed by atoms with Crippen molar-refractivity contribution in [2.45, 2.75) is 40.5 Å². The van der Waals surface area contributed by atoms with Gasteiger partial charge in [0.25, 0.3) is 0 Å². The molecule has 0 unspecified atom stereocenters. The van der Waals surface area contributed by atoms with Crippen molar-refractivity contribution in [1.29, 1.82) is 0 Å². The van der Waals surface area contributed by atoms with Gasteiger partial charge in [-0.05, 0) is 13.3 Å². The molecular weight excluding hydrogens is 204 g/mol. The highest BCUT2D eigenvalue weighted by atomic mass is 16.2. The second-order valence-electron chi connectivity index (χ2n) is 4.95. The Hall–Kier alpha value is -1.39. The number of aromatic amines is 1. The number of nitrogens with zero attached hydrogens (tertiary/aromatic N) is 2. The molecule has 0 fully saturated rings. The molecule has 0 aliphatic rings. The quantitative estimate of drug-likeness (QED) is 0.755. The average Bonchev–Trinajstić information content (AvgIpc) is 2.57. The van der Waals surface area contributed by atoms with Gasteiger partial charge in [-0.3, -0.25) is 9.89 Å². The molecule has 1 aromatic heterocycles. The normalized spacial score (nSPS) is 11.5. The Morgan fingerprint density at radius 2 is 2.12 bits per heavy atom. The summed E-state index contributed by atoms with van der Waals surface area (Å²) in [5.41, 5.74) is -0.318. The summed E-state index contributed by atoms with van der Waals surface area (Å²) in [5.74, 6) is 1.72. The molecule has 16 heavy (non-hydrogen) atoms. The summed E-state index contributed by atoms with van der Waals surface area (Å²) < 4.78 is 0. The Morgan fingerprint density at radius 1 is 1.44 bits per heavy atom. The topological polar surface area (TPSA) is 70.7 Å². The Morgan fingerprint density at radius 3 is 2.62 bits per heavy atom. The predicted octanol–water partition coefficient (Wildman–Crippen LogP) is 1.21. The van der Waals surface area contributed by atoms with Gasteiger partial charge in [0.1, 0.15) is 5.82 Å². The highest BCUT2D eigenvalue weighted by Gasteiger charge is 2.20. The summed E-state index contributed by atoms with van der Waals surface area (Å²) in [5, 5.41) is 9.72. The fourth-order valence-electron chi connectivity index (χ4n) is 1.21. The lowest BCUT2D eigenvalue weighted by Crippen LogP contribution is -2.35. The van der Waals surface area contributed by atoms with Crippen molar-refractivity contribution in [3.8, 4) is 0 Å². The fourth-order valence-corrected chi connectivity index (χ4v) is 1.21. The number of carbonyl (C=O) groups excluding carboxylic acids is 1. The minimum Gasteiger partial charge on any atom is -0.356 e. The van der Waals surface area contributed by atoms with E-state index in [0.29, 0.717) is 6.54 Å². The Balaban J connectivity index is 2.20. The number of aryl methyl sites for hydroxylation is 2. The average molecular weight is 224 g/mol. The van der Waals surface area contributed by atoms with E-state index in [-0.39, 0.29) is 11.3 Å². The Kier molecular flexibility index (Phi) is 4.04. The molecule has 5 heteroatoms. The third-order valence-corrected chi connectivity index (χ3v) is 2.19. The van der Waals surface area contributed by atoms with Crippen LogP contribution in [0.3, 0.4) is 0 Å². The number of H-pyrrole nitrogens is 1. The minimum atomic E-state index is -0.318. The summed E-state index contributed by atoms with van der Waals surface area (Å²) in [6, 6.07) is 0. The first-order valence-electron chi connectivity index (χ1n) is 5.56. The van der Waals surface area contributed by atoms with Gasteiger partial charge in [-0.15, -0.1) is 0 Å². The van der Waals surface area contributed by atoms with E-state index < -0.39 is 0 Å². The number of rotatable bonds is 4. The van der Waals surface area contributed by atoms with Crippen molar-refractivity contribution in [1.82, 2.24) is 20.5 Å². The van der Waals surface area contributed by atoms with Gasteiger partial charge in [0.15, 0.2) is 5.82 Å². The highest BCUT2D eigenvalue weighted by Crippen LogP contribution is 2.12. The summed E-state index contributed by atoms with van der Waals surface area (Å²) in [6.07, 6.45) is 1.65. The maximum Gasteiger partial charge on any atom is 0.225 e. The predicted molar refractivity (Wildman–Crippen MR) is 61.9 cm³/mol. The van der Waals surface area contributed by atoms with Gasteiger partial charge in [0.2, 0.25) is 5.91 Å². The standard InChI is InChI=1S/C11H20N4O/c1-8-13-9(15-14-8)6-5-7-12-10(16)11(2,3)4/h5-7H2,1-4H3,(H,12,16)(H,13,14,15). The van der Waals surface area contributed by atoms with E-state index in [0.717, 1.165) is 24.5 Å². The molecule has 2 N–H and O–H groups in total. The van der Waals surface area contributed by atoms with Crippen LogP contribution in [-0.4, -0.2) is 27.6 Å². The van der Waals surface area contributed by atoms with Gasteiger partial charge in [0, 0.05) is 18.4 Å². The second-order valence-corrected chi connectivity index (χ2v) is 4.95. The van der Waals surface area contributed by atoms with Crippen molar-refractivity contribution in [3.63, 3.8) is 0 Å². The number of aromatic nitrogens is 3. The first-order chi connectivity index (χ1) is 7.39. The molecule has 90 valence electrons. The second kappa shape index (κ2) is 5.09. The van der Waals surface area contributed by atoms with Crippen LogP contribution < -0.4 is 5.32 Å². The Labute approximate surface area is 96.0 Å². The zero-order chi connectivity index (χ0) is 12.2. The maximum absolute atomic E-state index is 11.5. The van der Waals surface area contributed by atoms with Crippen LogP contribution in [0.25, 0.3) is 0 Å². The number of nitrogens with one attached hydrogen (secondary N) is 2. The van der Waals surface area contributed by atoms with Gasteiger partial charge in [0.05, 0.1) is 0 Å². The lowest BCUT2D eigenvalue weighted by Gasteiger charge is -2.17. The molecule has 1 aromatic rings. The molecular formula is C11H20N4O. The lowest BCUT2D eigenvalue weighted by molar-refractivity contribution is -0.128. The van der Waals surface area contributed by atoms with E-state index in [1.165, 1.54) is 0 Å². The van der Waals surface area contributed by atoms with Crippen molar-refractivity contribution in [2.24, 2.45) is 5.41 Å². The molecule has 0 saturated heterocycles. The highest BCUT2D eigenvalue weighted by molar-refractivity contribution is 5.81. The van der Waals surface area contributed by atoms with Gasteiger partial charge < -0.3 is 5.32 Å². The number of amides is 1. The van der Waals surface area contributed by atoms with Gasteiger partial charge >= 0.3 is 0 Å². The Bertz CT molecular complexity index is 351. The van der Waals surface area contributed by atoms with Crippen molar-refractivity contribution < 1.29 is 4.79 Å². The third-order valence-electron chi connectivity index (χ3n) is 2.19. The molecule has 0 aromatic carbocycles. The van der Waals surface area contributed by atoms with E-state index in [1.54, 1.807) is 0 Å². The van der Waals surface area contributed by atoms with E-state index in [9.17, 15) is 4.79 Å².